The van der Waals surface area contributed by atoms with E-state index in [2.05, 4.69) is 15.9 Å². The van der Waals surface area contributed by atoms with Crippen molar-refractivity contribution in [2.24, 2.45) is 5.73 Å². The lowest BCUT2D eigenvalue weighted by atomic mass is 10.1. The fourth-order valence-corrected chi connectivity index (χ4v) is 1.61. The summed E-state index contributed by atoms with van der Waals surface area (Å²) in [5.74, 6) is -0.222. The van der Waals surface area contributed by atoms with Crippen LogP contribution in [0.2, 0.25) is 0 Å². The Morgan fingerprint density at radius 3 is 2.67 bits per heavy atom. The lowest BCUT2D eigenvalue weighted by Gasteiger charge is -2.05. The van der Waals surface area contributed by atoms with Crippen molar-refractivity contribution in [3.8, 4) is 0 Å². The summed E-state index contributed by atoms with van der Waals surface area (Å²) in [6.07, 6.45) is 0.705. The van der Waals surface area contributed by atoms with E-state index in [0.29, 0.717) is 6.42 Å². The number of hydrogen-bond donors (Lipinski definition) is 1. The molecule has 1 aromatic carbocycles. The van der Waals surface area contributed by atoms with Crippen molar-refractivity contribution in [3.63, 3.8) is 0 Å². The van der Waals surface area contributed by atoms with Crippen molar-refractivity contribution in [1.29, 1.82) is 0 Å². The number of halogens is 2. The summed E-state index contributed by atoms with van der Waals surface area (Å²) in [7, 11) is 0. The molecule has 0 fully saturated rings. The summed E-state index contributed by atoms with van der Waals surface area (Å²) in [4.78, 5) is 0. The molecule has 0 saturated heterocycles. The molecule has 12 heavy (non-hydrogen) atoms. The lowest BCUT2D eigenvalue weighted by molar-refractivity contribution is 0.622. The first-order valence-electron chi connectivity index (χ1n) is 3.78. The van der Waals surface area contributed by atoms with Crippen molar-refractivity contribution in [1.82, 2.24) is 0 Å². The molecule has 0 spiro atoms. The molecular formula is C9H11BrFN. The van der Waals surface area contributed by atoms with Crippen LogP contribution in [0.4, 0.5) is 4.39 Å². The average molecular weight is 232 g/mol. The van der Waals surface area contributed by atoms with Crippen molar-refractivity contribution < 1.29 is 4.39 Å². The molecule has 0 unspecified atom stereocenters. The second-order valence-electron chi connectivity index (χ2n) is 2.96. The zero-order valence-electron chi connectivity index (χ0n) is 6.85. The van der Waals surface area contributed by atoms with Gasteiger partial charge in [-0.3, -0.25) is 0 Å². The van der Waals surface area contributed by atoms with Crippen molar-refractivity contribution in [2.45, 2.75) is 19.4 Å². The molecule has 0 aliphatic carbocycles. The molecule has 0 aliphatic rings. The molecule has 3 heteroatoms. The Labute approximate surface area is 79.9 Å². The van der Waals surface area contributed by atoms with Crippen molar-refractivity contribution in [2.75, 3.05) is 0 Å². The average Bonchev–Trinajstić information content (AvgIpc) is 1.81. The Balaban J connectivity index is 2.85. The van der Waals surface area contributed by atoms with E-state index < -0.39 is 0 Å². The van der Waals surface area contributed by atoms with Gasteiger partial charge in [0.05, 0.1) is 0 Å². The first-order chi connectivity index (χ1) is 5.58. The third-order valence-electron chi connectivity index (χ3n) is 1.48. The van der Waals surface area contributed by atoms with Gasteiger partial charge in [0.1, 0.15) is 5.82 Å². The molecule has 1 rings (SSSR count). The Morgan fingerprint density at radius 1 is 1.50 bits per heavy atom. The summed E-state index contributed by atoms with van der Waals surface area (Å²) in [6.45, 7) is 1.90. The quantitative estimate of drug-likeness (QED) is 0.832. The van der Waals surface area contributed by atoms with Gasteiger partial charge in [-0.15, -0.1) is 0 Å². The second kappa shape index (κ2) is 4.01. The molecule has 0 aromatic heterocycles. The number of benzene rings is 1. The molecule has 0 heterocycles. The van der Waals surface area contributed by atoms with Gasteiger partial charge in [-0.25, -0.2) is 4.39 Å². The summed E-state index contributed by atoms with van der Waals surface area (Å²) in [5, 5.41) is 0. The van der Waals surface area contributed by atoms with E-state index in [1.165, 1.54) is 12.1 Å². The van der Waals surface area contributed by atoms with Crippen molar-refractivity contribution in [3.05, 3.63) is 34.1 Å². The normalized spacial score (nSPS) is 13.0. The standard InChI is InChI=1S/C9H11BrFN/c1-6(12)2-7-3-8(10)5-9(11)4-7/h3-6H,2,12H2,1H3/t6-/m0/s1. The summed E-state index contributed by atoms with van der Waals surface area (Å²) >= 11 is 3.22. The summed E-state index contributed by atoms with van der Waals surface area (Å²) in [5.41, 5.74) is 6.51. The van der Waals surface area contributed by atoms with E-state index in [9.17, 15) is 4.39 Å². The molecule has 0 amide bonds. The highest BCUT2D eigenvalue weighted by Gasteiger charge is 2.01. The minimum Gasteiger partial charge on any atom is -0.328 e. The van der Waals surface area contributed by atoms with Crippen LogP contribution in [0, 0.1) is 5.82 Å². The highest BCUT2D eigenvalue weighted by molar-refractivity contribution is 9.10. The van der Waals surface area contributed by atoms with Gasteiger partial charge in [0.25, 0.3) is 0 Å². The fraction of sp³-hybridized carbons (Fsp3) is 0.333. The first-order valence-corrected chi connectivity index (χ1v) is 4.58. The zero-order valence-corrected chi connectivity index (χ0v) is 8.44. The van der Waals surface area contributed by atoms with Gasteiger partial charge in [0.2, 0.25) is 0 Å². The fourth-order valence-electron chi connectivity index (χ4n) is 1.10. The van der Waals surface area contributed by atoms with E-state index in [1.807, 2.05) is 13.0 Å². The predicted molar refractivity (Wildman–Crippen MR) is 51.5 cm³/mol. The highest BCUT2D eigenvalue weighted by Crippen LogP contribution is 2.15. The Morgan fingerprint density at radius 2 is 2.17 bits per heavy atom. The number of nitrogens with two attached hydrogens (primary N) is 1. The van der Waals surface area contributed by atoms with Gasteiger partial charge in [0.15, 0.2) is 0 Å². The van der Waals surface area contributed by atoms with Gasteiger partial charge in [-0.05, 0) is 37.1 Å². The van der Waals surface area contributed by atoms with Crippen LogP contribution < -0.4 is 5.73 Å². The molecule has 0 saturated carbocycles. The van der Waals surface area contributed by atoms with Crippen LogP contribution in [-0.2, 0) is 6.42 Å². The van der Waals surface area contributed by atoms with Crippen LogP contribution in [0.1, 0.15) is 12.5 Å². The molecule has 1 atom stereocenters. The Bertz CT molecular complexity index is 253. The second-order valence-corrected chi connectivity index (χ2v) is 3.87. The largest absolute Gasteiger partial charge is 0.328 e. The Kier molecular flexibility index (Phi) is 3.23. The first kappa shape index (κ1) is 9.68. The SMILES string of the molecule is C[C@H](N)Cc1cc(F)cc(Br)c1. The maximum Gasteiger partial charge on any atom is 0.124 e. The van der Waals surface area contributed by atoms with Gasteiger partial charge in [-0.1, -0.05) is 15.9 Å². The topological polar surface area (TPSA) is 26.0 Å². The summed E-state index contributed by atoms with van der Waals surface area (Å²) in [6, 6.07) is 4.89. The minimum absolute atomic E-state index is 0.0682. The Hall–Kier alpha value is -0.410. The smallest absolute Gasteiger partial charge is 0.124 e. The maximum atomic E-state index is 12.8. The molecule has 0 bridgehead atoms. The molecule has 66 valence electrons. The van der Waals surface area contributed by atoms with Gasteiger partial charge in [0, 0.05) is 10.5 Å². The van der Waals surface area contributed by atoms with Crippen molar-refractivity contribution >= 4 is 15.9 Å². The minimum atomic E-state index is -0.222. The third kappa shape index (κ3) is 2.91. The highest BCUT2D eigenvalue weighted by atomic mass is 79.9. The van der Waals surface area contributed by atoms with Gasteiger partial charge < -0.3 is 5.73 Å². The monoisotopic (exact) mass is 231 g/mol. The third-order valence-corrected chi connectivity index (χ3v) is 1.94. The van der Waals surface area contributed by atoms with Crippen LogP contribution in [0.3, 0.4) is 0 Å². The maximum absolute atomic E-state index is 12.8. The van der Waals surface area contributed by atoms with E-state index in [0.717, 1.165) is 10.0 Å². The van der Waals surface area contributed by atoms with Gasteiger partial charge >= 0.3 is 0 Å². The molecular weight excluding hydrogens is 221 g/mol. The summed E-state index contributed by atoms with van der Waals surface area (Å²) < 4.78 is 13.6. The van der Waals surface area contributed by atoms with E-state index in [-0.39, 0.29) is 11.9 Å². The van der Waals surface area contributed by atoms with Crippen LogP contribution in [0.5, 0.6) is 0 Å². The molecule has 1 nitrogen and oxygen atoms in total. The number of rotatable bonds is 2. The van der Waals surface area contributed by atoms with Gasteiger partial charge in [-0.2, -0.15) is 0 Å². The zero-order chi connectivity index (χ0) is 9.14. The molecule has 2 N–H and O–H groups in total. The molecule has 1 aromatic rings. The molecule has 0 aliphatic heterocycles. The lowest BCUT2D eigenvalue weighted by Crippen LogP contribution is -2.17. The van der Waals surface area contributed by atoms with Crippen LogP contribution in [0.25, 0.3) is 0 Å². The van der Waals surface area contributed by atoms with Crippen LogP contribution in [0.15, 0.2) is 22.7 Å². The van der Waals surface area contributed by atoms with Crippen LogP contribution in [-0.4, -0.2) is 6.04 Å². The number of hydrogen-bond acceptors (Lipinski definition) is 1. The molecule has 0 radical (unpaired) electrons. The van der Waals surface area contributed by atoms with E-state index in [4.69, 9.17) is 5.73 Å². The predicted octanol–water partition coefficient (Wildman–Crippen LogP) is 2.48. The van der Waals surface area contributed by atoms with Crippen LogP contribution >= 0.6 is 15.9 Å². The van der Waals surface area contributed by atoms with E-state index >= 15 is 0 Å². The van der Waals surface area contributed by atoms with E-state index in [1.54, 1.807) is 0 Å².